The zero-order chi connectivity index (χ0) is 15.0. The molecule has 1 aliphatic rings. The molecule has 0 saturated heterocycles. The topological polar surface area (TPSA) is 21.3 Å². The lowest BCUT2D eigenvalue weighted by molar-refractivity contribution is 0.357. The van der Waals surface area contributed by atoms with Crippen molar-refractivity contribution in [2.45, 2.75) is 26.3 Å². The number of hydrogen-bond donors (Lipinski definition) is 1. The molecule has 0 spiro atoms. The molecule has 0 aliphatic carbocycles. The maximum Gasteiger partial charge on any atom is 0.122 e. The van der Waals surface area contributed by atoms with Gasteiger partial charge >= 0.3 is 0 Å². The minimum Gasteiger partial charge on any atom is -0.493 e. The molecule has 1 heterocycles. The molecule has 2 nitrogen and oxygen atoms in total. The lowest BCUT2D eigenvalue weighted by Gasteiger charge is -2.18. The van der Waals surface area contributed by atoms with Gasteiger partial charge in [0.15, 0.2) is 0 Å². The number of benzene rings is 2. The average Bonchev–Trinajstić information content (AvgIpc) is 2.92. The van der Waals surface area contributed by atoms with Gasteiger partial charge in [0.25, 0.3) is 0 Å². The molecule has 1 N–H and O–H groups in total. The van der Waals surface area contributed by atoms with E-state index in [1.165, 1.54) is 11.1 Å². The molecule has 0 radical (unpaired) electrons. The van der Waals surface area contributed by atoms with Crippen molar-refractivity contribution in [3.8, 4) is 5.75 Å². The highest BCUT2D eigenvalue weighted by molar-refractivity contribution is 9.10. The normalized spacial score (nSPS) is 14.5. The van der Waals surface area contributed by atoms with Crippen molar-refractivity contribution in [3.63, 3.8) is 0 Å². The quantitative estimate of drug-likeness (QED) is 0.772. The van der Waals surface area contributed by atoms with E-state index in [0.717, 1.165) is 39.5 Å². The molecule has 1 atom stereocenters. The van der Waals surface area contributed by atoms with Crippen LogP contribution < -0.4 is 10.1 Å². The van der Waals surface area contributed by atoms with Crippen LogP contribution in [0.4, 0.5) is 5.69 Å². The molecule has 0 aromatic heterocycles. The van der Waals surface area contributed by atoms with Crippen LogP contribution >= 0.6 is 27.5 Å². The van der Waals surface area contributed by atoms with Gasteiger partial charge in [0.1, 0.15) is 5.75 Å². The number of anilines is 1. The van der Waals surface area contributed by atoms with Crippen LogP contribution in [-0.2, 0) is 6.42 Å². The molecule has 110 valence electrons. The first kappa shape index (κ1) is 14.7. The maximum atomic E-state index is 6.21. The van der Waals surface area contributed by atoms with E-state index in [0.29, 0.717) is 0 Å². The molecule has 2 aromatic rings. The first-order chi connectivity index (χ1) is 10.0. The molecule has 2 aromatic carbocycles. The summed E-state index contributed by atoms with van der Waals surface area (Å²) >= 11 is 9.81. The van der Waals surface area contributed by atoms with Gasteiger partial charge in [-0.15, -0.1) is 0 Å². The largest absolute Gasteiger partial charge is 0.493 e. The smallest absolute Gasteiger partial charge is 0.122 e. The summed E-state index contributed by atoms with van der Waals surface area (Å²) in [5, 5.41) is 4.29. The number of fused-ring (bicyclic) bond motifs is 1. The van der Waals surface area contributed by atoms with Crippen molar-refractivity contribution in [3.05, 3.63) is 56.5 Å². The fourth-order valence-electron chi connectivity index (χ4n) is 2.55. The summed E-state index contributed by atoms with van der Waals surface area (Å²) in [7, 11) is 0. The second-order valence-electron chi connectivity index (χ2n) is 5.41. The van der Waals surface area contributed by atoms with Crippen LogP contribution in [0.3, 0.4) is 0 Å². The molecule has 0 amide bonds. The van der Waals surface area contributed by atoms with Gasteiger partial charge in [-0.1, -0.05) is 17.7 Å². The molecule has 21 heavy (non-hydrogen) atoms. The maximum absolute atomic E-state index is 6.21. The molecule has 1 unspecified atom stereocenters. The standard InChI is InChI=1S/C17H17BrClNO/c1-10-7-14(18)16(9-15(10)19)20-11(2)12-3-4-17-13(8-12)5-6-21-17/h3-4,7-9,11,20H,5-6H2,1-2H3. The van der Waals surface area contributed by atoms with Crippen molar-refractivity contribution in [1.29, 1.82) is 0 Å². The Hall–Kier alpha value is -1.19. The van der Waals surface area contributed by atoms with Crippen molar-refractivity contribution in [2.75, 3.05) is 11.9 Å². The number of rotatable bonds is 3. The predicted octanol–water partition coefficient (Wildman–Crippen LogP) is 5.52. The Morgan fingerprint density at radius 3 is 2.90 bits per heavy atom. The number of nitrogens with one attached hydrogen (secondary N) is 1. The summed E-state index contributed by atoms with van der Waals surface area (Å²) in [5.74, 6) is 1.02. The van der Waals surface area contributed by atoms with Crippen molar-refractivity contribution >= 4 is 33.2 Å². The van der Waals surface area contributed by atoms with Gasteiger partial charge in [-0.2, -0.15) is 0 Å². The summed E-state index contributed by atoms with van der Waals surface area (Å²) in [6.45, 7) is 4.94. The van der Waals surface area contributed by atoms with Gasteiger partial charge in [-0.25, -0.2) is 0 Å². The van der Waals surface area contributed by atoms with Gasteiger partial charge in [0, 0.05) is 22.0 Å². The molecule has 4 heteroatoms. The van der Waals surface area contributed by atoms with E-state index in [-0.39, 0.29) is 6.04 Å². The summed E-state index contributed by atoms with van der Waals surface area (Å²) in [6, 6.07) is 10.6. The Morgan fingerprint density at radius 2 is 2.10 bits per heavy atom. The van der Waals surface area contributed by atoms with E-state index in [2.05, 4.69) is 46.4 Å². The minimum absolute atomic E-state index is 0.200. The number of aryl methyl sites for hydroxylation is 1. The van der Waals surface area contributed by atoms with E-state index in [9.17, 15) is 0 Å². The zero-order valence-electron chi connectivity index (χ0n) is 12.0. The third-order valence-electron chi connectivity index (χ3n) is 3.83. The van der Waals surface area contributed by atoms with Crippen LogP contribution in [0.15, 0.2) is 34.8 Å². The van der Waals surface area contributed by atoms with Crippen LogP contribution in [0.5, 0.6) is 5.75 Å². The summed E-state index contributed by atoms with van der Waals surface area (Å²) in [5.41, 5.74) is 4.62. The van der Waals surface area contributed by atoms with Gasteiger partial charge in [0.2, 0.25) is 0 Å². The van der Waals surface area contributed by atoms with Gasteiger partial charge in [0.05, 0.1) is 12.3 Å². The highest BCUT2D eigenvalue weighted by Crippen LogP contribution is 2.33. The molecule has 0 saturated carbocycles. The highest BCUT2D eigenvalue weighted by Gasteiger charge is 2.15. The molecule has 0 bridgehead atoms. The number of ether oxygens (including phenoxy) is 1. The number of halogens is 2. The highest BCUT2D eigenvalue weighted by atomic mass is 79.9. The Morgan fingerprint density at radius 1 is 1.29 bits per heavy atom. The van der Waals surface area contributed by atoms with Gasteiger partial charge < -0.3 is 10.1 Å². The van der Waals surface area contributed by atoms with E-state index in [4.69, 9.17) is 16.3 Å². The molecular formula is C17H17BrClNO. The van der Waals surface area contributed by atoms with Crippen LogP contribution in [-0.4, -0.2) is 6.61 Å². The van der Waals surface area contributed by atoms with E-state index in [1.807, 2.05) is 19.1 Å². The zero-order valence-corrected chi connectivity index (χ0v) is 14.4. The van der Waals surface area contributed by atoms with Crippen molar-refractivity contribution in [2.24, 2.45) is 0 Å². The first-order valence-corrected chi connectivity index (χ1v) is 8.19. The average molecular weight is 367 g/mol. The van der Waals surface area contributed by atoms with Crippen molar-refractivity contribution in [1.82, 2.24) is 0 Å². The molecular weight excluding hydrogens is 350 g/mol. The van der Waals surface area contributed by atoms with Crippen LogP contribution in [0.1, 0.15) is 29.7 Å². The van der Waals surface area contributed by atoms with Crippen LogP contribution in [0.25, 0.3) is 0 Å². The predicted molar refractivity (Wildman–Crippen MR) is 91.6 cm³/mol. The number of hydrogen-bond acceptors (Lipinski definition) is 2. The Labute approximate surface area is 138 Å². The van der Waals surface area contributed by atoms with Crippen LogP contribution in [0, 0.1) is 6.92 Å². The van der Waals surface area contributed by atoms with E-state index in [1.54, 1.807) is 0 Å². The monoisotopic (exact) mass is 365 g/mol. The summed E-state index contributed by atoms with van der Waals surface area (Å²) < 4.78 is 6.58. The van der Waals surface area contributed by atoms with Gasteiger partial charge in [-0.05, 0) is 70.7 Å². The fourth-order valence-corrected chi connectivity index (χ4v) is 3.29. The third-order valence-corrected chi connectivity index (χ3v) is 4.90. The lowest BCUT2D eigenvalue weighted by Crippen LogP contribution is -2.07. The second kappa shape index (κ2) is 5.90. The Kier molecular flexibility index (Phi) is 4.14. The first-order valence-electron chi connectivity index (χ1n) is 7.02. The summed E-state index contributed by atoms with van der Waals surface area (Å²) in [6.07, 6.45) is 0.996. The van der Waals surface area contributed by atoms with Crippen LogP contribution in [0.2, 0.25) is 5.02 Å². The Balaban J connectivity index is 1.83. The second-order valence-corrected chi connectivity index (χ2v) is 6.67. The molecule has 0 fully saturated rings. The summed E-state index contributed by atoms with van der Waals surface area (Å²) in [4.78, 5) is 0. The fraction of sp³-hybridized carbons (Fsp3) is 0.294. The lowest BCUT2D eigenvalue weighted by atomic mass is 10.0. The van der Waals surface area contributed by atoms with Crippen molar-refractivity contribution < 1.29 is 4.74 Å². The molecule has 1 aliphatic heterocycles. The molecule has 3 rings (SSSR count). The SMILES string of the molecule is Cc1cc(Br)c(NC(C)c2ccc3c(c2)CCO3)cc1Cl. The minimum atomic E-state index is 0.200. The Bertz CT molecular complexity index is 687. The van der Waals surface area contributed by atoms with Gasteiger partial charge in [-0.3, -0.25) is 0 Å². The third kappa shape index (κ3) is 3.04. The van der Waals surface area contributed by atoms with E-state index < -0.39 is 0 Å². The van der Waals surface area contributed by atoms with E-state index >= 15 is 0 Å².